The van der Waals surface area contributed by atoms with Gasteiger partial charge in [-0.15, -0.1) is 0 Å². The van der Waals surface area contributed by atoms with Gasteiger partial charge in [0, 0.05) is 5.41 Å². The van der Waals surface area contributed by atoms with Crippen LogP contribution in [0.25, 0.3) is 0 Å². The highest BCUT2D eigenvalue weighted by atomic mass is 16.5. The SMILES string of the molecule is CC(CO)(CO)COc1cc[c]c(CO)c1. The molecule has 1 aromatic carbocycles. The van der Waals surface area contributed by atoms with Gasteiger partial charge in [-0.05, 0) is 23.8 Å². The van der Waals surface area contributed by atoms with Crippen molar-refractivity contribution in [3.05, 3.63) is 29.8 Å². The van der Waals surface area contributed by atoms with Crippen molar-refractivity contribution in [1.82, 2.24) is 0 Å². The number of rotatable bonds is 6. The Labute approximate surface area is 95.1 Å². The summed E-state index contributed by atoms with van der Waals surface area (Å²) in [6.45, 7) is 1.57. The van der Waals surface area contributed by atoms with Gasteiger partial charge in [0.25, 0.3) is 0 Å². The first kappa shape index (κ1) is 13.0. The first-order valence-corrected chi connectivity index (χ1v) is 5.09. The zero-order valence-electron chi connectivity index (χ0n) is 9.31. The van der Waals surface area contributed by atoms with Crippen molar-refractivity contribution >= 4 is 0 Å². The standard InChI is InChI=1S/C12H17O4/c1-12(7-14,8-15)9-16-11-4-2-3-10(5-11)6-13/h2,4-5,13-15H,6-9H2,1H3. The Morgan fingerprint density at radius 1 is 1.31 bits per heavy atom. The molecule has 1 rings (SSSR count). The maximum atomic E-state index is 9.08. The van der Waals surface area contributed by atoms with E-state index in [1.54, 1.807) is 25.1 Å². The van der Waals surface area contributed by atoms with Crippen LogP contribution in [0, 0.1) is 11.5 Å². The Hall–Kier alpha value is -1.10. The second-order valence-corrected chi connectivity index (χ2v) is 4.12. The second kappa shape index (κ2) is 5.84. The van der Waals surface area contributed by atoms with Crippen molar-refractivity contribution in [3.8, 4) is 5.75 Å². The predicted molar refractivity (Wildman–Crippen MR) is 59.0 cm³/mol. The molecule has 3 N–H and O–H groups in total. The number of hydrogen-bond donors (Lipinski definition) is 3. The number of ether oxygens (including phenoxy) is 1. The van der Waals surface area contributed by atoms with Crippen molar-refractivity contribution in [2.24, 2.45) is 5.41 Å². The molecule has 1 radical (unpaired) electrons. The van der Waals surface area contributed by atoms with Crippen LogP contribution in [0.2, 0.25) is 0 Å². The van der Waals surface area contributed by atoms with Crippen LogP contribution in [0.15, 0.2) is 18.2 Å². The fourth-order valence-corrected chi connectivity index (χ4v) is 1.07. The third-order valence-electron chi connectivity index (χ3n) is 2.35. The average molecular weight is 225 g/mol. The summed E-state index contributed by atoms with van der Waals surface area (Å²) in [6.07, 6.45) is 0. The van der Waals surface area contributed by atoms with Crippen LogP contribution < -0.4 is 4.74 Å². The van der Waals surface area contributed by atoms with E-state index in [4.69, 9.17) is 20.1 Å². The molecule has 0 saturated carbocycles. The molecule has 89 valence electrons. The average Bonchev–Trinajstić information content (AvgIpc) is 2.36. The van der Waals surface area contributed by atoms with Crippen LogP contribution in [0.3, 0.4) is 0 Å². The summed E-state index contributed by atoms with van der Waals surface area (Å²) in [5.41, 5.74) is -0.00828. The molecule has 0 saturated heterocycles. The van der Waals surface area contributed by atoms with Crippen molar-refractivity contribution in [1.29, 1.82) is 0 Å². The molecule has 0 aliphatic carbocycles. The van der Waals surface area contributed by atoms with Gasteiger partial charge in [0.15, 0.2) is 0 Å². The summed E-state index contributed by atoms with van der Waals surface area (Å²) in [7, 11) is 0. The van der Waals surface area contributed by atoms with E-state index in [-0.39, 0.29) is 26.4 Å². The lowest BCUT2D eigenvalue weighted by molar-refractivity contribution is 0.0286. The highest BCUT2D eigenvalue weighted by Gasteiger charge is 2.23. The quantitative estimate of drug-likeness (QED) is 0.653. The monoisotopic (exact) mass is 225 g/mol. The molecule has 1 aromatic rings. The minimum absolute atomic E-state index is 0.0888. The van der Waals surface area contributed by atoms with Crippen LogP contribution in [0.1, 0.15) is 12.5 Å². The van der Waals surface area contributed by atoms with E-state index in [1.807, 2.05) is 0 Å². The summed E-state index contributed by atoms with van der Waals surface area (Å²) < 4.78 is 5.44. The lowest BCUT2D eigenvalue weighted by Gasteiger charge is -2.24. The van der Waals surface area contributed by atoms with Crippen LogP contribution in [-0.2, 0) is 6.61 Å². The molecule has 0 aliphatic heterocycles. The summed E-state index contributed by atoms with van der Waals surface area (Å²) >= 11 is 0. The van der Waals surface area contributed by atoms with Crippen molar-refractivity contribution in [2.75, 3.05) is 19.8 Å². The Balaban J connectivity index is 2.60. The van der Waals surface area contributed by atoms with E-state index in [0.29, 0.717) is 11.3 Å². The zero-order chi connectivity index (χ0) is 12.0. The van der Waals surface area contributed by atoms with Gasteiger partial charge in [0.1, 0.15) is 5.75 Å². The molecule has 0 aliphatic rings. The Morgan fingerprint density at radius 2 is 2.00 bits per heavy atom. The van der Waals surface area contributed by atoms with Crippen LogP contribution in [0.4, 0.5) is 0 Å². The van der Waals surface area contributed by atoms with Gasteiger partial charge in [-0.3, -0.25) is 0 Å². The third-order valence-corrected chi connectivity index (χ3v) is 2.35. The van der Waals surface area contributed by atoms with Crippen molar-refractivity contribution < 1.29 is 20.1 Å². The van der Waals surface area contributed by atoms with E-state index >= 15 is 0 Å². The number of aliphatic hydroxyl groups excluding tert-OH is 3. The van der Waals surface area contributed by atoms with Crippen LogP contribution >= 0.6 is 0 Å². The minimum Gasteiger partial charge on any atom is -0.493 e. The highest BCUT2D eigenvalue weighted by molar-refractivity contribution is 5.27. The molecule has 16 heavy (non-hydrogen) atoms. The maximum Gasteiger partial charge on any atom is 0.119 e. The van der Waals surface area contributed by atoms with E-state index in [2.05, 4.69) is 6.07 Å². The Kier molecular flexibility index (Phi) is 4.73. The highest BCUT2D eigenvalue weighted by Crippen LogP contribution is 2.19. The summed E-state index contributed by atoms with van der Waals surface area (Å²) in [5, 5.41) is 27.1. The van der Waals surface area contributed by atoms with Gasteiger partial charge in [-0.2, -0.15) is 0 Å². The third kappa shape index (κ3) is 3.48. The first-order valence-electron chi connectivity index (χ1n) is 5.09. The first-order chi connectivity index (χ1) is 7.63. The maximum absolute atomic E-state index is 9.08. The van der Waals surface area contributed by atoms with Crippen LogP contribution in [0.5, 0.6) is 5.75 Å². The summed E-state index contributed by atoms with van der Waals surface area (Å²) in [4.78, 5) is 0. The molecule has 4 heteroatoms. The molecular formula is C12H17O4. The largest absolute Gasteiger partial charge is 0.493 e. The summed E-state index contributed by atoms with van der Waals surface area (Å²) in [5.74, 6) is 0.593. The van der Waals surface area contributed by atoms with Crippen molar-refractivity contribution in [2.45, 2.75) is 13.5 Å². The van der Waals surface area contributed by atoms with Gasteiger partial charge >= 0.3 is 0 Å². The molecule has 4 nitrogen and oxygen atoms in total. The number of aliphatic hydroxyl groups is 3. The van der Waals surface area contributed by atoms with E-state index in [1.165, 1.54) is 0 Å². The molecule has 0 amide bonds. The fourth-order valence-electron chi connectivity index (χ4n) is 1.07. The Morgan fingerprint density at radius 3 is 2.56 bits per heavy atom. The minimum atomic E-state index is -0.654. The van der Waals surface area contributed by atoms with Gasteiger partial charge in [-0.1, -0.05) is 13.0 Å². The number of hydrogen-bond acceptors (Lipinski definition) is 4. The van der Waals surface area contributed by atoms with E-state index in [9.17, 15) is 0 Å². The lowest BCUT2D eigenvalue weighted by Crippen LogP contribution is -2.33. The summed E-state index contributed by atoms with van der Waals surface area (Å²) in [6, 6.07) is 7.91. The van der Waals surface area contributed by atoms with E-state index < -0.39 is 5.41 Å². The fraction of sp³-hybridized carbons (Fsp3) is 0.500. The smallest absolute Gasteiger partial charge is 0.119 e. The normalized spacial score (nSPS) is 11.5. The molecule has 0 spiro atoms. The van der Waals surface area contributed by atoms with Gasteiger partial charge in [0.2, 0.25) is 0 Å². The molecular weight excluding hydrogens is 208 g/mol. The van der Waals surface area contributed by atoms with Gasteiger partial charge in [0.05, 0.1) is 26.4 Å². The Bertz CT molecular complexity index is 321. The molecule has 0 bridgehead atoms. The topological polar surface area (TPSA) is 69.9 Å². The van der Waals surface area contributed by atoms with Crippen molar-refractivity contribution in [3.63, 3.8) is 0 Å². The molecule has 0 atom stereocenters. The zero-order valence-corrected chi connectivity index (χ0v) is 9.31. The predicted octanol–water partition coefficient (Wildman–Crippen LogP) is 0.349. The number of benzene rings is 1. The molecule has 0 heterocycles. The van der Waals surface area contributed by atoms with E-state index in [0.717, 1.165) is 0 Å². The van der Waals surface area contributed by atoms with Crippen LogP contribution in [-0.4, -0.2) is 35.1 Å². The van der Waals surface area contributed by atoms with Gasteiger partial charge < -0.3 is 20.1 Å². The second-order valence-electron chi connectivity index (χ2n) is 4.12. The lowest BCUT2D eigenvalue weighted by atomic mass is 9.94. The molecule has 0 aromatic heterocycles. The van der Waals surface area contributed by atoms with Gasteiger partial charge in [-0.25, -0.2) is 0 Å². The molecule has 0 unspecified atom stereocenters. The molecule has 0 fully saturated rings.